The fraction of sp³-hybridized carbons (Fsp3) is 0.857. The third-order valence-corrected chi connectivity index (χ3v) is 6.23. The van der Waals surface area contributed by atoms with E-state index in [-0.39, 0.29) is 18.4 Å². The molecule has 0 spiro atoms. The lowest BCUT2D eigenvalue weighted by Crippen LogP contribution is -2.65. The molecule has 0 aliphatic carbocycles. The van der Waals surface area contributed by atoms with Crippen molar-refractivity contribution in [2.75, 3.05) is 12.8 Å². The number of hydrogen-bond donors (Lipinski definition) is 1. The minimum atomic E-state index is -3.33. The molecule has 1 fully saturated rings. The lowest BCUT2D eigenvalue weighted by Gasteiger charge is -2.41. The van der Waals surface area contributed by atoms with Gasteiger partial charge in [0.15, 0.2) is 9.84 Å². The summed E-state index contributed by atoms with van der Waals surface area (Å²) in [4.78, 5) is 26.1. The zero-order chi connectivity index (χ0) is 16.4. The van der Waals surface area contributed by atoms with Crippen molar-refractivity contribution in [1.29, 1.82) is 0 Å². The molecular weight excluding hydrogens is 292 g/mol. The van der Waals surface area contributed by atoms with Gasteiger partial charge in [-0.15, -0.1) is 0 Å². The molecule has 6 nitrogen and oxygen atoms in total. The summed E-state index contributed by atoms with van der Waals surface area (Å²) in [7, 11) is -3.33. The second kappa shape index (κ2) is 6.34. The molecule has 0 aromatic rings. The molecule has 122 valence electrons. The summed E-state index contributed by atoms with van der Waals surface area (Å²) in [5.74, 6) is -0.375. The Morgan fingerprint density at radius 3 is 2.24 bits per heavy atom. The van der Waals surface area contributed by atoms with Crippen LogP contribution in [0, 0.1) is 0 Å². The molecular formula is C14H26N2O4S. The lowest BCUT2D eigenvalue weighted by atomic mass is 10.00. The van der Waals surface area contributed by atoms with Crippen molar-refractivity contribution in [3.05, 3.63) is 0 Å². The summed E-state index contributed by atoms with van der Waals surface area (Å²) in [6, 6.07) is -1.13. The Morgan fingerprint density at radius 1 is 1.24 bits per heavy atom. The normalized spacial score (nSPS) is 24.1. The van der Waals surface area contributed by atoms with Gasteiger partial charge in [0.2, 0.25) is 11.8 Å². The number of nitrogens with zero attached hydrogens (tertiary/aromatic N) is 1. The average Bonchev–Trinajstić information content (AvgIpc) is 2.34. The highest BCUT2D eigenvalue weighted by Gasteiger charge is 2.43. The van der Waals surface area contributed by atoms with E-state index in [9.17, 15) is 18.0 Å². The Morgan fingerprint density at radius 2 is 1.81 bits per heavy atom. The lowest BCUT2D eigenvalue weighted by molar-refractivity contribution is -0.150. The minimum Gasteiger partial charge on any atom is -0.343 e. The second-order valence-corrected chi connectivity index (χ2v) is 8.92. The Bertz CT molecular complexity index is 513. The molecule has 21 heavy (non-hydrogen) atoms. The van der Waals surface area contributed by atoms with Gasteiger partial charge in [-0.1, -0.05) is 20.3 Å². The summed E-state index contributed by atoms with van der Waals surface area (Å²) in [6.45, 7) is 6.97. The third-order valence-electron chi connectivity index (χ3n) is 4.10. The van der Waals surface area contributed by atoms with Gasteiger partial charge in [0.1, 0.15) is 12.1 Å². The van der Waals surface area contributed by atoms with E-state index in [0.29, 0.717) is 12.8 Å². The maximum absolute atomic E-state index is 12.6. The van der Waals surface area contributed by atoms with Gasteiger partial charge in [0.05, 0.1) is 4.75 Å². The number of carbonyl (C=O) groups is 2. The van der Waals surface area contributed by atoms with Gasteiger partial charge in [0.25, 0.3) is 0 Å². The van der Waals surface area contributed by atoms with Crippen LogP contribution in [0.2, 0.25) is 0 Å². The average molecular weight is 318 g/mol. The van der Waals surface area contributed by atoms with Crippen LogP contribution in [0.3, 0.4) is 0 Å². The van der Waals surface area contributed by atoms with Gasteiger partial charge in [0, 0.05) is 12.8 Å². The van der Waals surface area contributed by atoms with Crippen molar-refractivity contribution < 1.29 is 18.0 Å². The molecule has 0 radical (unpaired) electrons. The van der Waals surface area contributed by atoms with Crippen LogP contribution in [0.25, 0.3) is 0 Å². The first-order valence-corrected chi connectivity index (χ1v) is 9.24. The van der Waals surface area contributed by atoms with Crippen LogP contribution >= 0.6 is 0 Å². The van der Waals surface area contributed by atoms with Gasteiger partial charge >= 0.3 is 0 Å². The first kappa shape index (κ1) is 17.9. The van der Waals surface area contributed by atoms with Gasteiger partial charge in [-0.25, -0.2) is 8.42 Å². The molecule has 1 heterocycles. The first-order valence-electron chi connectivity index (χ1n) is 7.35. The van der Waals surface area contributed by atoms with Gasteiger partial charge in [-0.2, -0.15) is 0 Å². The molecule has 1 saturated heterocycles. The van der Waals surface area contributed by atoms with Crippen molar-refractivity contribution in [2.45, 2.75) is 63.8 Å². The third kappa shape index (κ3) is 3.75. The predicted octanol–water partition coefficient (Wildman–Crippen LogP) is 0.715. The van der Waals surface area contributed by atoms with E-state index in [1.54, 1.807) is 13.8 Å². The van der Waals surface area contributed by atoms with Crippen LogP contribution in [0.5, 0.6) is 0 Å². The molecule has 1 rings (SSSR count). The highest BCUT2D eigenvalue weighted by atomic mass is 32.2. The van der Waals surface area contributed by atoms with Gasteiger partial charge < -0.3 is 10.2 Å². The van der Waals surface area contributed by atoms with Crippen molar-refractivity contribution in [1.82, 2.24) is 10.2 Å². The highest BCUT2D eigenvalue weighted by Crippen LogP contribution is 2.23. The van der Waals surface area contributed by atoms with E-state index in [0.717, 1.165) is 12.7 Å². The topological polar surface area (TPSA) is 83.6 Å². The van der Waals surface area contributed by atoms with Crippen LogP contribution in [0.4, 0.5) is 0 Å². The minimum absolute atomic E-state index is 0.0385. The summed E-state index contributed by atoms with van der Waals surface area (Å²) in [5, 5.41) is 2.74. The Hall–Kier alpha value is -1.11. The smallest absolute Gasteiger partial charge is 0.245 e. The summed E-state index contributed by atoms with van der Waals surface area (Å²) >= 11 is 0. The quantitative estimate of drug-likeness (QED) is 0.782. The highest BCUT2D eigenvalue weighted by molar-refractivity contribution is 7.92. The molecule has 2 atom stereocenters. The Balaban J connectivity index is 3.08. The fourth-order valence-corrected chi connectivity index (χ4v) is 2.80. The van der Waals surface area contributed by atoms with Crippen LogP contribution in [0.1, 0.15) is 47.0 Å². The largest absolute Gasteiger partial charge is 0.343 e. The van der Waals surface area contributed by atoms with E-state index in [4.69, 9.17) is 0 Å². The summed E-state index contributed by atoms with van der Waals surface area (Å²) < 4.78 is 22.7. The number of amides is 2. The van der Waals surface area contributed by atoms with Crippen LogP contribution in [-0.4, -0.2) is 54.8 Å². The number of hydrogen-bond acceptors (Lipinski definition) is 4. The first-order chi connectivity index (χ1) is 9.55. The van der Waals surface area contributed by atoms with Crippen LogP contribution in [0.15, 0.2) is 0 Å². The SMILES string of the molecule is CCCC1NC(=O)C(CC)N(CC(C)(C)S(C)(=O)=O)C1=O. The molecule has 1 N–H and O–H groups in total. The van der Waals surface area contributed by atoms with Crippen LogP contribution < -0.4 is 5.32 Å². The molecule has 7 heteroatoms. The van der Waals surface area contributed by atoms with Crippen molar-refractivity contribution in [3.63, 3.8) is 0 Å². The molecule has 0 bridgehead atoms. The zero-order valence-electron chi connectivity index (χ0n) is 13.5. The Kier molecular flexibility index (Phi) is 5.41. The summed E-state index contributed by atoms with van der Waals surface area (Å²) in [5.41, 5.74) is 0. The van der Waals surface area contributed by atoms with E-state index < -0.39 is 26.7 Å². The summed E-state index contributed by atoms with van der Waals surface area (Å²) in [6.07, 6.45) is 2.97. The predicted molar refractivity (Wildman–Crippen MR) is 81.6 cm³/mol. The van der Waals surface area contributed by atoms with Crippen molar-refractivity contribution >= 4 is 21.7 Å². The molecule has 1 aliphatic rings. The van der Waals surface area contributed by atoms with Crippen LogP contribution in [-0.2, 0) is 19.4 Å². The molecule has 2 unspecified atom stereocenters. The van der Waals surface area contributed by atoms with E-state index in [1.165, 1.54) is 4.90 Å². The van der Waals surface area contributed by atoms with Gasteiger partial charge in [-0.3, -0.25) is 9.59 Å². The molecule has 1 aliphatic heterocycles. The zero-order valence-corrected chi connectivity index (χ0v) is 14.3. The van der Waals surface area contributed by atoms with Crippen molar-refractivity contribution in [2.24, 2.45) is 0 Å². The number of piperazine rings is 1. The monoisotopic (exact) mass is 318 g/mol. The Labute approximate surface area is 127 Å². The maximum atomic E-state index is 12.6. The van der Waals surface area contributed by atoms with E-state index in [2.05, 4.69) is 5.32 Å². The maximum Gasteiger partial charge on any atom is 0.245 e. The molecule has 0 aromatic heterocycles. The molecule has 2 amide bonds. The van der Waals surface area contributed by atoms with Crippen molar-refractivity contribution in [3.8, 4) is 0 Å². The second-order valence-electron chi connectivity index (χ2n) is 6.27. The molecule has 0 aromatic carbocycles. The number of rotatable bonds is 6. The van der Waals surface area contributed by atoms with E-state index in [1.807, 2.05) is 13.8 Å². The molecule has 0 saturated carbocycles. The van der Waals surface area contributed by atoms with Gasteiger partial charge in [-0.05, 0) is 26.7 Å². The number of sulfone groups is 1. The van der Waals surface area contributed by atoms with E-state index >= 15 is 0 Å². The standard InChI is InChI=1S/C14H26N2O4S/c1-6-8-10-13(18)16(11(7-2)12(17)15-10)9-14(3,4)21(5,19)20/h10-11H,6-9H2,1-5H3,(H,15,17). The number of carbonyl (C=O) groups excluding carboxylic acids is 2. The number of nitrogens with one attached hydrogen (secondary N) is 1. The fourth-order valence-electron chi connectivity index (χ4n) is 2.43.